The van der Waals surface area contributed by atoms with Crippen LogP contribution < -0.4 is 0 Å². The Kier molecular flexibility index (Phi) is 16.4. The Bertz CT molecular complexity index is 393. The van der Waals surface area contributed by atoms with Gasteiger partial charge in [0.1, 0.15) is 0 Å². The van der Waals surface area contributed by atoms with Gasteiger partial charge < -0.3 is 17.4 Å². The van der Waals surface area contributed by atoms with Crippen LogP contribution in [-0.4, -0.2) is 71.7 Å². The summed E-state index contributed by atoms with van der Waals surface area (Å²) >= 11 is 0. The van der Waals surface area contributed by atoms with Gasteiger partial charge in [0, 0.05) is 29.4 Å². The normalized spacial score (nSPS) is 15.4. The molecule has 0 heterocycles. The Morgan fingerprint density at radius 3 is 1.68 bits per heavy atom. The number of methoxy groups -OCH3 is 1. The molecule has 0 aromatic rings. The zero-order valence-corrected chi connectivity index (χ0v) is 26.1. The van der Waals surface area contributed by atoms with E-state index in [-0.39, 0.29) is 0 Å². The Morgan fingerprint density at radius 2 is 1.25 bits per heavy atom. The summed E-state index contributed by atoms with van der Waals surface area (Å²) in [5, 5.41) is 0. The monoisotopic (exact) mass is 488 g/mol. The third kappa shape index (κ3) is 18.8. The molecule has 0 radical (unpaired) electrons. The highest BCUT2D eigenvalue weighted by Gasteiger charge is 2.43. The molecule has 0 spiro atoms. The summed E-state index contributed by atoms with van der Waals surface area (Å²) in [5.41, 5.74) is 0. The fourth-order valence-electron chi connectivity index (χ4n) is 2.90. The molecule has 11 heteroatoms. The van der Waals surface area contributed by atoms with Crippen molar-refractivity contribution in [1.82, 2.24) is 0 Å². The molecule has 6 nitrogen and oxygen atoms in total. The molecule has 0 aliphatic carbocycles. The van der Waals surface area contributed by atoms with Crippen molar-refractivity contribution in [3.05, 3.63) is 0 Å². The molecule has 0 amide bonds. The van der Waals surface area contributed by atoms with Gasteiger partial charge in [-0.05, 0) is 50.9 Å². The third-order valence-electron chi connectivity index (χ3n) is 4.13. The van der Waals surface area contributed by atoms with Crippen LogP contribution in [0, 0.1) is 0 Å². The fraction of sp³-hybridized carbons (Fsp3) is 1.00. The predicted octanol–water partition coefficient (Wildman–Crippen LogP) is 4.72. The first kappa shape index (κ1) is 31.0. The quantitative estimate of drug-likeness (QED) is 0.153. The van der Waals surface area contributed by atoms with E-state index >= 15 is 0 Å². The molecule has 0 aromatic heterocycles. The second-order valence-electron chi connectivity index (χ2n) is 9.62. The third-order valence-corrected chi connectivity index (χ3v) is 19.2. The lowest BCUT2D eigenvalue weighted by Crippen LogP contribution is -2.55. The van der Waals surface area contributed by atoms with E-state index in [9.17, 15) is 0 Å². The van der Waals surface area contributed by atoms with Crippen molar-refractivity contribution >= 4 is 43.3 Å². The lowest BCUT2D eigenvalue weighted by molar-refractivity contribution is -0.179. The minimum atomic E-state index is -2.25. The van der Waals surface area contributed by atoms with Crippen LogP contribution in [0.5, 0.6) is 0 Å². The maximum absolute atomic E-state index is 6.81. The van der Waals surface area contributed by atoms with Gasteiger partial charge in [-0.2, -0.15) is 0 Å². The van der Waals surface area contributed by atoms with Gasteiger partial charge in [0.15, 0.2) is 8.32 Å². The van der Waals surface area contributed by atoms with E-state index in [0.717, 1.165) is 18.1 Å². The fourth-order valence-corrected chi connectivity index (χ4v) is 20.5. The van der Waals surface area contributed by atoms with Gasteiger partial charge in [0.2, 0.25) is 9.76 Å². The van der Waals surface area contributed by atoms with Crippen molar-refractivity contribution < 1.29 is 26.9 Å². The molecular weight excluding hydrogens is 441 g/mol. The highest BCUT2D eigenvalue weighted by atomic mass is 28.5. The Labute approximate surface area is 181 Å². The topological polar surface area (TPSA) is 55.4 Å². The molecule has 28 heavy (non-hydrogen) atoms. The molecule has 0 aliphatic heterocycles. The van der Waals surface area contributed by atoms with Crippen LogP contribution in [-0.2, 0) is 26.9 Å². The maximum atomic E-state index is 6.81. The number of hydrogen-bond donors (Lipinski definition) is 0. The molecule has 0 saturated heterocycles. The summed E-state index contributed by atoms with van der Waals surface area (Å²) in [4.78, 5) is 4.74. The summed E-state index contributed by atoms with van der Waals surface area (Å²) in [7, 11) is -1.18. The summed E-state index contributed by atoms with van der Waals surface area (Å²) < 4.78 is 28.5. The second kappa shape index (κ2) is 14.8. The van der Waals surface area contributed by atoms with Crippen LogP contribution in [0.2, 0.25) is 76.6 Å². The molecule has 0 fully saturated rings. The SMILES string of the molecule is COC.COO[SiH2]CC[Si](C)(C)O[Si](C)(CCC[Si](C)(C)C)O[Si](C)(C)OC. The van der Waals surface area contributed by atoms with E-state index in [0.29, 0.717) is 0 Å². The standard InChI is InChI=1S/C15H42O5Si5.C2H6O/c1-16-18-21-12-15-23(6,7)19-25(10,20-24(8,9)17-2)14-11-13-22(3,4)5;1-3-2/h11-15,21H2,1-10H3;1-2H3. The molecule has 1 unspecified atom stereocenters. The largest absolute Gasteiger partial charge is 0.436 e. The Hall–Kier alpha value is 0.844. The first-order valence-corrected chi connectivity index (χ1v) is 23.9. The molecule has 172 valence electrons. The lowest BCUT2D eigenvalue weighted by atomic mass is 10.6. The van der Waals surface area contributed by atoms with Crippen LogP contribution >= 0.6 is 0 Å². The van der Waals surface area contributed by atoms with Gasteiger partial charge in [-0.25, -0.2) is 0 Å². The smallest absolute Gasteiger partial charge is 0.322 e. The van der Waals surface area contributed by atoms with Crippen LogP contribution in [0.1, 0.15) is 6.42 Å². The molecule has 0 bridgehead atoms. The van der Waals surface area contributed by atoms with Crippen molar-refractivity contribution in [2.24, 2.45) is 0 Å². The first-order chi connectivity index (χ1) is 12.7. The molecular formula is C17H48O6Si5. The van der Waals surface area contributed by atoms with E-state index in [1.165, 1.54) is 12.5 Å². The lowest BCUT2D eigenvalue weighted by Gasteiger charge is -2.40. The minimum Gasteiger partial charge on any atom is -0.436 e. The van der Waals surface area contributed by atoms with E-state index in [1.807, 2.05) is 0 Å². The van der Waals surface area contributed by atoms with Gasteiger partial charge in [-0.15, -0.1) is 0 Å². The van der Waals surface area contributed by atoms with Crippen molar-refractivity contribution in [3.63, 3.8) is 0 Å². The van der Waals surface area contributed by atoms with Gasteiger partial charge in [0.25, 0.3) is 0 Å². The summed E-state index contributed by atoms with van der Waals surface area (Å²) in [5.74, 6) is 0. The summed E-state index contributed by atoms with van der Waals surface area (Å²) in [6.07, 6.45) is 1.21. The minimum absolute atomic E-state index is 0.598. The van der Waals surface area contributed by atoms with E-state index in [2.05, 4.69) is 57.1 Å². The molecule has 0 aliphatic rings. The van der Waals surface area contributed by atoms with Crippen LogP contribution in [0.3, 0.4) is 0 Å². The maximum Gasteiger partial charge on any atom is 0.322 e. The van der Waals surface area contributed by atoms with Crippen LogP contribution in [0.4, 0.5) is 0 Å². The molecule has 0 N–H and O–H groups in total. The number of rotatable bonds is 14. The summed E-state index contributed by atoms with van der Waals surface area (Å²) in [6, 6.07) is 4.60. The zero-order chi connectivity index (χ0) is 22.5. The van der Waals surface area contributed by atoms with E-state index < -0.39 is 43.3 Å². The second-order valence-corrected chi connectivity index (χ2v) is 28.2. The van der Waals surface area contributed by atoms with Crippen LogP contribution in [0.25, 0.3) is 0 Å². The van der Waals surface area contributed by atoms with Crippen LogP contribution in [0.15, 0.2) is 0 Å². The summed E-state index contributed by atoms with van der Waals surface area (Å²) in [6.45, 7) is 18.4. The first-order valence-electron chi connectivity index (χ1n) is 10.2. The van der Waals surface area contributed by atoms with E-state index in [4.69, 9.17) is 22.1 Å². The van der Waals surface area contributed by atoms with Crippen molar-refractivity contribution in [1.29, 1.82) is 0 Å². The van der Waals surface area contributed by atoms with Crippen molar-refractivity contribution in [2.45, 2.75) is 83.0 Å². The highest BCUT2D eigenvalue weighted by Crippen LogP contribution is 2.29. The number of ether oxygens (including phenoxy) is 1. The van der Waals surface area contributed by atoms with Gasteiger partial charge in [-0.3, -0.25) is 9.46 Å². The Morgan fingerprint density at radius 1 is 0.714 bits per heavy atom. The van der Waals surface area contributed by atoms with Crippen molar-refractivity contribution in [3.8, 4) is 0 Å². The average molecular weight is 489 g/mol. The molecule has 0 rings (SSSR count). The van der Waals surface area contributed by atoms with Gasteiger partial charge in [-0.1, -0.05) is 32.1 Å². The van der Waals surface area contributed by atoms with E-state index in [1.54, 1.807) is 28.4 Å². The highest BCUT2D eigenvalue weighted by molar-refractivity contribution is 6.87. The zero-order valence-electron chi connectivity index (χ0n) is 20.7. The number of hydrogen-bond acceptors (Lipinski definition) is 6. The Balaban J connectivity index is 0. The molecule has 1 atom stereocenters. The molecule has 0 aromatic carbocycles. The van der Waals surface area contributed by atoms with Gasteiger partial charge >= 0.3 is 17.1 Å². The predicted molar refractivity (Wildman–Crippen MR) is 133 cm³/mol. The van der Waals surface area contributed by atoms with Gasteiger partial charge in [0.05, 0.1) is 7.11 Å². The average Bonchev–Trinajstić information content (AvgIpc) is 2.49. The van der Waals surface area contributed by atoms with Crippen molar-refractivity contribution in [2.75, 3.05) is 28.4 Å². The molecule has 0 saturated carbocycles.